The summed E-state index contributed by atoms with van der Waals surface area (Å²) >= 11 is 5.74. The van der Waals surface area contributed by atoms with E-state index < -0.39 is 0 Å². The van der Waals surface area contributed by atoms with Gasteiger partial charge in [-0.15, -0.1) is 0 Å². The van der Waals surface area contributed by atoms with Gasteiger partial charge in [0.25, 0.3) is 0 Å². The molecule has 16 heavy (non-hydrogen) atoms. The van der Waals surface area contributed by atoms with Crippen molar-refractivity contribution in [2.75, 3.05) is 0 Å². The maximum atomic E-state index is 6.01. The molecule has 0 saturated carbocycles. The van der Waals surface area contributed by atoms with Crippen LogP contribution in [0, 0.1) is 0 Å². The van der Waals surface area contributed by atoms with Crippen molar-refractivity contribution in [3.63, 3.8) is 0 Å². The van der Waals surface area contributed by atoms with Crippen LogP contribution in [0.4, 0.5) is 0 Å². The van der Waals surface area contributed by atoms with Gasteiger partial charge < -0.3 is 14.7 Å². The minimum atomic E-state index is 0.0374. The molecule has 5 heteroatoms. The van der Waals surface area contributed by atoms with Gasteiger partial charge in [0, 0.05) is 12.6 Å². The molecule has 2 N–H and O–H groups in total. The van der Waals surface area contributed by atoms with Crippen LogP contribution in [0.5, 0.6) is 0 Å². The molecule has 2 aromatic heterocycles. The lowest BCUT2D eigenvalue weighted by atomic mass is 10.1. The molecule has 0 fully saturated rings. The zero-order valence-electron chi connectivity index (χ0n) is 8.69. The van der Waals surface area contributed by atoms with Crippen LogP contribution in [-0.4, -0.2) is 9.55 Å². The molecule has 0 bridgehead atoms. The minimum absolute atomic E-state index is 0.0374. The highest BCUT2D eigenvalue weighted by molar-refractivity contribution is 6.28. The van der Waals surface area contributed by atoms with Gasteiger partial charge in [0.05, 0.1) is 6.17 Å². The summed E-state index contributed by atoms with van der Waals surface area (Å²) in [5.74, 6) is 1.72. The molecule has 0 radical (unpaired) electrons. The molecule has 84 valence electrons. The maximum absolute atomic E-state index is 6.01. The van der Waals surface area contributed by atoms with Crippen molar-refractivity contribution in [1.29, 1.82) is 0 Å². The van der Waals surface area contributed by atoms with E-state index in [2.05, 4.69) is 4.98 Å². The molecule has 2 aromatic rings. The highest BCUT2D eigenvalue weighted by Crippen LogP contribution is 2.28. The van der Waals surface area contributed by atoms with Crippen molar-refractivity contribution in [2.45, 2.75) is 25.4 Å². The fourth-order valence-electron chi connectivity index (χ4n) is 2.08. The van der Waals surface area contributed by atoms with E-state index in [1.54, 1.807) is 6.07 Å². The van der Waals surface area contributed by atoms with Crippen molar-refractivity contribution in [3.05, 3.63) is 29.4 Å². The Morgan fingerprint density at radius 2 is 2.38 bits per heavy atom. The van der Waals surface area contributed by atoms with Gasteiger partial charge in [-0.25, -0.2) is 4.98 Å². The Morgan fingerprint density at radius 3 is 3.06 bits per heavy atom. The van der Waals surface area contributed by atoms with E-state index in [0.717, 1.165) is 30.8 Å². The van der Waals surface area contributed by atoms with Gasteiger partial charge in [0.15, 0.2) is 11.0 Å². The molecule has 1 aliphatic heterocycles. The number of halogens is 1. The smallest absolute Gasteiger partial charge is 0.194 e. The number of nitrogens with two attached hydrogens (primary N) is 1. The van der Waals surface area contributed by atoms with Gasteiger partial charge >= 0.3 is 0 Å². The molecular formula is C11H12ClN3O. The van der Waals surface area contributed by atoms with Crippen LogP contribution in [0.1, 0.15) is 24.8 Å². The van der Waals surface area contributed by atoms with Crippen LogP contribution in [-0.2, 0) is 6.42 Å². The number of nitrogens with zero attached hydrogens (tertiary/aromatic N) is 2. The topological polar surface area (TPSA) is 57.0 Å². The molecule has 0 aliphatic carbocycles. The number of aromatic nitrogens is 2. The average molecular weight is 238 g/mol. The van der Waals surface area contributed by atoms with Crippen LogP contribution in [0.2, 0.25) is 5.22 Å². The lowest BCUT2D eigenvalue weighted by molar-refractivity contribution is 0.408. The first-order chi connectivity index (χ1) is 7.74. The number of rotatable bonds is 1. The van der Waals surface area contributed by atoms with Gasteiger partial charge in [-0.05, 0) is 36.6 Å². The second-order valence-electron chi connectivity index (χ2n) is 4.01. The number of hydrogen-bond acceptors (Lipinski definition) is 3. The molecule has 1 aliphatic rings. The minimum Gasteiger partial charge on any atom is -0.443 e. The Kier molecular flexibility index (Phi) is 2.26. The quantitative estimate of drug-likeness (QED) is 0.830. The lowest BCUT2D eigenvalue weighted by Gasteiger charge is -2.20. The van der Waals surface area contributed by atoms with E-state index >= 15 is 0 Å². The normalized spacial score (nSPS) is 19.8. The zero-order chi connectivity index (χ0) is 11.1. The summed E-state index contributed by atoms with van der Waals surface area (Å²) in [5, 5.41) is 0.380. The first-order valence-electron chi connectivity index (χ1n) is 5.33. The molecule has 1 atom stereocenters. The van der Waals surface area contributed by atoms with Crippen LogP contribution in [0.3, 0.4) is 0 Å². The maximum Gasteiger partial charge on any atom is 0.194 e. The largest absolute Gasteiger partial charge is 0.443 e. The molecule has 1 unspecified atom stereocenters. The zero-order valence-corrected chi connectivity index (χ0v) is 9.44. The number of hydrogen-bond donors (Lipinski definition) is 1. The van der Waals surface area contributed by atoms with E-state index in [0.29, 0.717) is 11.0 Å². The Labute approximate surface area is 98.0 Å². The third-order valence-corrected chi connectivity index (χ3v) is 3.10. The lowest BCUT2D eigenvalue weighted by Crippen LogP contribution is -2.24. The van der Waals surface area contributed by atoms with Crippen molar-refractivity contribution in [1.82, 2.24) is 9.55 Å². The van der Waals surface area contributed by atoms with Gasteiger partial charge in [0.1, 0.15) is 11.5 Å². The Balaban J connectivity index is 2.04. The standard InChI is InChI=1S/C11H12ClN3O/c12-9-5-4-8(16-9)7-6-15-10(13)2-1-3-11(15)14-7/h4-6,10H,1-3,13H2. The molecule has 3 heterocycles. The number of imidazole rings is 1. The highest BCUT2D eigenvalue weighted by Gasteiger charge is 2.19. The summed E-state index contributed by atoms with van der Waals surface area (Å²) in [6.07, 6.45) is 5.05. The van der Waals surface area contributed by atoms with Crippen LogP contribution >= 0.6 is 11.6 Å². The van der Waals surface area contributed by atoms with E-state index in [9.17, 15) is 0 Å². The molecule has 0 spiro atoms. The summed E-state index contributed by atoms with van der Waals surface area (Å²) in [5.41, 5.74) is 6.81. The molecule has 0 amide bonds. The van der Waals surface area contributed by atoms with Gasteiger partial charge in [-0.3, -0.25) is 0 Å². The number of aryl methyl sites for hydroxylation is 1. The average Bonchev–Trinajstić information content (AvgIpc) is 2.84. The summed E-state index contributed by atoms with van der Waals surface area (Å²) in [6, 6.07) is 3.54. The Bertz CT molecular complexity index is 517. The monoisotopic (exact) mass is 237 g/mol. The van der Waals surface area contributed by atoms with Crippen LogP contribution < -0.4 is 5.73 Å². The van der Waals surface area contributed by atoms with E-state index in [1.165, 1.54) is 0 Å². The predicted molar refractivity (Wildman–Crippen MR) is 61.1 cm³/mol. The first kappa shape index (κ1) is 9.93. The van der Waals surface area contributed by atoms with Crippen LogP contribution in [0.15, 0.2) is 22.7 Å². The van der Waals surface area contributed by atoms with Crippen molar-refractivity contribution < 1.29 is 4.42 Å². The van der Waals surface area contributed by atoms with E-state index in [1.807, 2.05) is 16.8 Å². The molecular weight excluding hydrogens is 226 g/mol. The van der Waals surface area contributed by atoms with Gasteiger partial charge in [-0.2, -0.15) is 0 Å². The molecule has 4 nitrogen and oxygen atoms in total. The van der Waals surface area contributed by atoms with E-state index in [4.69, 9.17) is 21.8 Å². The SMILES string of the molecule is NC1CCCc2nc(-c3ccc(Cl)o3)cn21. The number of furan rings is 1. The Hall–Kier alpha value is -1.26. The summed E-state index contributed by atoms with van der Waals surface area (Å²) in [6.45, 7) is 0. The third kappa shape index (κ3) is 1.54. The van der Waals surface area contributed by atoms with Crippen molar-refractivity contribution in [3.8, 4) is 11.5 Å². The van der Waals surface area contributed by atoms with E-state index in [-0.39, 0.29) is 6.17 Å². The second kappa shape index (κ2) is 3.64. The van der Waals surface area contributed by atoms with Gasteiger partial charge in [0.2, 0.25) is 0 Å². The Morgan fingerprint density at radius 1 is 1.50 bits per heavy atom. The van der Waals surface area contributed by atoms with Crippen LogP contribution in [0.25, 0.3) is 11.5 Å². The summed E-state index contributed by atoms with van der Waals surface area (Å²) < 4.78 is 7.35. The molecule has 3 rings (SSSR count). The predicted octanol–water partition coefficient (Wildman–Crippen LogP) is 2.59. The van der Waals surface area contributed by atoms with Crippen molar-refractivity contribution in [2.24, 2.45) is 5.73 Å². The molecule has 0 saturated heterocycles. The fraction of sp³-hybridized carbons (Fsp3) is 0.364. The first-order valence-corrected chi connectivity index (χ1v) is 5.71. The second-order valence-corrected chi connectivity index (χ2v) is 4.39. The fourth-order valence-corrected chi connectivity index (χ4v) is 2.23. The summed E-state index contributed by atoms with van der Waals surface area (Å²) in [7, 11) is 0. The highest BCUT2D eigenvalue weighted by atomic mass is 35.5. The summed E-state index contributed by atoms with van der Waals surface area (Å²) in [4.78, 5) is 4.52. The van der Waals surface area contributed by atoms with Crippen molar-refractivity contribution >= 4 is 11.6 Å². The number of fused-ring (bicyclic) bond motifs is 1. The third-order valence-electron chi connectivity index (χ3n) is 2.89. The van der Waals surface area contributed by atoms with Gasteiger partial charge in [-0.1, -0.05) is 0 Å². The molecule has 0 aromatic carbocycles.